The monoisotopic (exact) mass is 349 g/mol. The summed E-state index contributed by atoms with van der Waals surface area (Å²) < 4.78 is 11.5. The number of ether oxygens (including phenoxy) is 2. The Morgan fingerprint density at radius 2 is 1.90 bits per heavy atom. The lowest BCUT2D eigenvalue weighted by Gasteiger charge is -2.16. The number of hydrogen-bond donors (Lipinski definition) is 1. The number of hydrogen-bond acceptors (Lipinski definition) is 3. The van der Waals surface area contributed by atoms with Crippen LogP contribution in [0.3, 0.4) is 0 Å². The molecule has 0 fully saturated rings. The van der Waals surface area contributed by atoms with Crippen LogP contribution in [0.5, 0.6) is 5.75 Å². The Morgan fingerprint density at radius 3 is 2.57 bits per heavy atom. The number of halogens is 1. The fraction of sp³-hybridized carbons (Fsp3) is 0.294. The maximum absolute atomic E-state index is 6.38. The number of nitrogens with two attached hydrogens (primary N) is 1. The van der Waals surface area contributed by atoms with Crippen LogP contribution in [0.2, 0.25) is 0 Å². The highest BCUT2D eigenvalue weighted by molar-refractivity contribution is 9.10. The van der Waals surface area contributed by atoms with Crippen molar-refractivity contribution in [2.75, 3.05) is 20.3 Å². The van der Waals surface area contributed by atoms with E-state index < -0.39 is 0 Å². The third-order valence-corrected chi connectivity index (χ3v) is 4.00. The summed E-state index contributed by atoms with van der Waals surface area (Å²) in [7, 11) is 1.66. The topological polar surface area (TPSA) is 44.5 Å². The van der Waals surface area contributed by atoms with E-state index in [0.29, 0.717) is 13.2 Å². The first-order valence-electron chi connectivity index (χ1n) is 6.85. The van der Waals surface area contributed by atoms with Crippen molar-refractivity contribution in [3.8, 4) is 5.75 Å². The molecule has 0 radical (unpaired) electrons. The molecule has 0 amide bonds. The molecule has 1 atom stereocenters. The highest BCUT2D eigenvalue weighted by atomic mass is 79.9. The smallest absolute Gasteiger partial charge is 0.133 e. The van der Waals surface area contributed by atoms with E-state index in [1.165, 1.54) is 5.56 Å². The van der Waals surface area contributed by atoms with Gasteiger partial charge in [-0.05, 0) is 51.7 Å². The van der Waals surface area contributed by atoms with Crippen LogP contribution in [-0.2, 0) is 4.74 Å². The molecular formula is C17H20BrNO2. The molecular weight excluding hydrogens is 330 g/mol. The molecule has 0 aliphatic heterocycles. The van der Waals surface area contributed by atoms with Gasteiger partial charge in [-0.25, -0.2) is 0 Å². The third-order valence-electron chi connectivity index (χ3n) is 3.38. The van der Waals surface area contributed by atoms with Gasteiger partial charge in [0.25, 0.3) is 0 Å². The Morgan fingerprint density at radius 1 is 1.14 bits per heavy atom. The Kier molecular flexibility index (Phi) is 5.79. The third kappa shape index (κ3) is 4.06. The van der Waals surface area contributed by atoms with Gasteiger partial charge in [-0.15, -0.1) is 0 Å². The number of aryl methyl sites for hydroxylation is 1. The fourth-order valence-electron chi connectivity index (χ4n) is 2.18. The molecule has 2 N–H and O–H groups in total. The number of rotatable bonds is 6. The van der Waals surface area contributed by atoms with E-state index in [1.807, 2.05) is 30.3 Å². The first kappa shape index (κ1) is 16.0. The molecule has 21 heavy (non-hydrogen) atoms. The van der Waals surface area contributed by atoms with Gasteiger partial charge in [-0.2, -0.15) is 0 Å². The lowest BCUT2D eigenvalue weighted by molar-refractivity contribution is 0.146. The van der Waals surface area contributed by atoms with Gasteiger partial charge in [-0.3, -0.25) is 0 Å². The quantitative estimate of drug-likeness (QED) is 0.806. The molecule has 1 unspecified atom stereocenters. The van der Waals surface area contributed by atoms with Crippen LogP contribution in [-0.4, -0.2) is 20.3 Å². The van der Waals surface area contributed by atoms with E-state index in [1.54, 1.807) is 7.11 Å². The van der Waals surface area contributed by atoms with Crippen molar-refractivity contribution in [2.24, 2.45) is 5.73 Å². The van der Waals surface area contributed by atoms with Crippen LogP contribution in [0.15, 0.2) is 46.9 Å². The zero-order valence-corrected chi connectivity index (χ0v) is 13.9. The molecule has 0 saturated carbocycles. The van der Waals surface area contributed by atoms with Gasteiger partial charge in [0.1, 0.15) is 12.4 Å². The van der Waals surface area contributed by atoms with Gasteiger partial charge < -0.3 is 15.2 Å². The minimum atomic E-state index is -0.143. The maximum Gasteiger partial charge on any atom is 0.133 e. The van der Waals surface area contributed by atoms with E-state index >= 15 is 0 Å². The average molecular weight is 350 g/mol. The molecule has 112 valence electrons. The lowest BCUT2D eigenvalue weighted by Crippen LogP contribution is -2.13. The summed E-state index contributed by atoms with van der Waals surface area (Å²) in [5.41, 5.74) is 9.76. The minimum absolute atomic E-state index is 0.143. The zero-order chi connectivity index (χ0) is 15.2. The first-order valence-corrected chi connectivity index (χ1v) is 7.65. The summed E-state index contributed by atoms with van der Waals surface area (Å²) in [6.45, 7) is 3.17. The summed E-state index contributed by atoms with van der Waals surface area (Å²) in [4.78, 5) is 0. The molecule has 3 nitrogen and oxygen atoms in total. The van der Waals surface area contributed by atoms with Gasteiger partial charge in [-0.1, -0.05) is 30.3 Å². The average Bonchev–Trinajstić information content (AvgIpc) is 2.49. The van der Waals surface area contributed by atoms with Gasteiger partial charge in [0.05, 0.1) is 17.1 Å². The van der Waals surface area contributed by atoms with Gasteiger partial charge in [0.15, 0.2) is 0 Å². The fourth-order valence-corrected chi connectivity index (χ4v) is 2.69. The summed E-state index contributed by atoms with van der Waals surface area (Å²) in [6.07, 6.45) is 0. The van der Waals surface area contributed by atoms with Crippen LogP contribution >= 0.6 is 15.9 Å². The first-order chi connectivity index (χ1) is 10.1. The van der Waals surface area contributed by atoms with Crippen molar-refractivity contribution in [1.29, 1.82) is 0 Å². The molecule has 0 aliphatic rings. The van der Waals surface area contributed by atoms with Crippen LogP contribution < -0.4 is 10.5 Å². The Balaban J connectivity index is 2.18. The van der Waals surface area contributed by atoms with Gasteiger partial charge in [0, 0.05) is 7.11 Å². The SMILES string of the molecule is COCCOc1ccc(C(N)c2ccccc2C)cc1Br. The second-order valence-corrected chi connectivity index (χ2v) is 5.72. The predicted octanol–water partition coefficient (Wildman–Crippen LogP) is 3.83. The Labute approximate surface area is 134 Å². The molecule has 0 saturated heterocycles. The van der Waals surface area contributed by atoms with E-state index in [4.69, 9.17) is 15.2 Å². The molecule has 4 heteroatoms. The van der Waals surface area contributed by atoms with Crippen molar-refractivity contribution < 1.29 is 9.47 Å². The maximum atomic E-state index is 6.38. The molecule has 2 aromatic carbocycles. The van der Waals surface area contributed by atoms with Crippen molar-refractivity contribution in [1.82, 2.24) is 0 Å². The van der Waals surface area contributed by atoms with Crippen LogP contribution in [0, 0.1) is 6.92 Å². The van der Waals surface area contributed by atoms with Crippen LogP contribution in [0.4, 0.5) is 0 Å². The van der Waals surface area contributed by atoms with E-state index in [-0.39, 0.29) is 6.04 Å². The number of methoxy groups -OCH3 is 1. The van der Waals surface area contributed by atoms with Crippen molar-refractivity contribution in [3.63, 3.8) is 0 Å². The van der Waals surface area contributed by atoms with Gasteiger partial charge in [0.2, 0.25) is 0 Å². The molecule has 0 bridgehead atoms. The van der Waals surface area contributed by atoms with E-state index in [2.05, 4.69) is 35.0 Å². The Bertz CT molecular complexity index is 601. The predicted molar refractivity (Wildman–Crippen MR) is 88.7 cm³/mol. The lowest BCUT2D eigenvalue weighted by atomic mass is 9.96. The molecule has 0 spiro atoms. The zero-order valence-electron chi connectivity index (χ0n) is 12.3. The second kappa shape index (κ2) is 7.59. The molecule has 0 aromatic heterocycles. The molecule has 2 aromatic rings. The Hall–Kier alpha value is -1.36. The van der Waals surface area contributed by atoms with Crippen molar-refractivity contribution in [3.05, 3.63) is 63.6 Å². The van der Waals surface area contributed by atoms with E-state index in [0.717, 1.165) is 21.3 Å². The summed E-state index contributed by atoms with van der Waals surface area (Å²) >= 11 is 3.54. The van der Waals surface area contributed by atoms with E-state index in [9.17, 15) is 0 Å². The largest absolute Gasteiger partial charge is 0.490 e. The standard InChI is InChI=1S/C17H20BrNO2/c1-12-5-3-4-6-14(12)17(19)13-7-8-16(15(18)11-13)21-10-9-20-2/h3-8,11,17H,9-10,19H2,1-2H3. The molecule has 2 rings (SSSR count). The van der Waals surface area contributed by atoms with Gasteiger partial charge >= 0.3 is 0 Å². The van der Waals surface area contributed by atoms with Crippen molar-refractivity contribution >= 4 is 15.9 Å². The van der Waals surface area contributed by atoms with Crippen LogP contribution in [0.1, 0.15) is 22.7 Å². The summed E-state index contributed by atoms with van der Waals surface area (Å²) in [6, 6.07) is 14.0. The minimum Gasteiger partial charge on any atom is -0.490 e. The molecule has 0 heterocycles. The highest BCUT2D eigenvalue weighted by Crippen LogP contribution is 2.30. The molecule has 0 aliphatic carbocycles. The highest BCUT2D eigenvalue weighted by Gasteiger charge is 2.13. The van der Waals surface area contributed by atoms with Crippen LogP contribution in [0.25, 0.3) is 0 Å². The second-order valence-electron chi connectivity index (χ2n) is 4.87. The number of benzene rings is 2. The summed E-state index contributed by atoms with van der Waals surface area (Å²) in [5, 5.41) is 0. The van der Waals surface area contributed by atoms with Crippen molar-refractivity contribution in [2.45, 2.75) is 13.0 Å². The summed E-state index contributed by atoms with van der Waals surface area (Å²) in [5.74, 6) is 0.799. The normalized spacial score (nSPS) is 12.2.